The third kappa shape index (κ3) is 6.02. The molecule has 1 amide bonds. The van der Waals surface area contributed by atoms with E-state index in [1.807, 2.05) is 0 Å². The number of ether oxygens (including phenoxy) is 1. The number of nitrogens with one attached hydrogen (secondary N) is 1. The predicted molar refractivity (Wildman–Crippen MR) is 63.3 cm³/mol. The third-order valence-electron chi connectivity index (χ3n) is 1.97. The zero-order chi connectivity index (χ0) is 14.5. The number of carbonyl (C=O) groups excluding carboxylic acids is 1. The molecule has 1 aromatic rings. The molecule has 0 atom stereocenters. The van der Waals surface area contributed by atoms with E-state index in [2.05, 4.69) is 26.0 Å². The van der Waals surface area contributed by atoms with E-state index < -0.39 is 24.5 Å². The maximum Gasteiger partial charge on any atom is 0.411 e. The first-order chi connectivity index (χ1) is 8.79. The first-order valence-corrected chi connectivity index (χ1v) is 5.96. The van der Waals surface area contributed by atoms with Gasteiger partial charge in [-0.2, -0.15) is 13.2 Å². The van der Waals surface area contributed by atoms with Gasteiger partial charge in [-0.3, -0.25) is 4.79 Å². The molecule has 0 unspecified atom stereocenters. The summed E-state index contributed by atoms with van der Waals surface area (Å²) in [5, 5.41) is 2.26. The molecule has 0 heterocycles. The lowest BCUT2D eigenvalue weighted by atomic mass is 10.2. The van der Waals surface area contributed by atoms with Crippen LogP contribution in [0.5, 0.6) is 0 Å². The molecule has 0 aliphatic rings. The van der Waals surface area contributed by atoms with E-state index in [1.165, 1.54) is 12.1 Å². The minimum atomic E-state index is -4.40. The summed E-state index contributed by atoms with van der Waals surface area (Å²) in [5.74, 6) is -1.43. The molecule has 1 rings (SSSR count). The molecular formula is C11H10BrF4NO2. The molecule has 0 fully saturated rings. The first-order valence-electron chi connectivity index (χ1n) is 5.17. The van der Waals surface area contributed by atoms with Crippen molar-refractivity contribution in [2.45, 2.75) is 6.18 Å². The highest BCUT2D eigenvalue weighted by Crippen LogP contribution is 2.15. The molecule has 0 bridgehead atoms. The Morgan fingerprint density at radius 2 is 2.05 bits per heavy atom. The average Bonchev–Trinajstić information content (AvgIpc) is 2.26. The van der Waals surface area contributed by atoms with Crippen LogP contribution >= 0.6 is 15.9 Å². The van der Waals surface area contributed by atoms with E-state index in [4.69, 9.17) is 0 Å². The minimum absolute atomic E-state index is 0.135. The number of hydrogen-bond acceptors (Lipinski definition) is 2. The van der Waals surface area contributed by atoms with Gasteiger partial charge in [-0.05, 0) is 18.2 Å². The topological polar surface area (TPSA) is 38.3 Å². The molecule has 0 aliphatic carbocycles. The van der Waals surface area contributed by atoms with Crippen LogP contribution in [0.2, 0.25) is 0 Å². The summed E-state index contributed by atoms with van der Waals surface area (Å²) in [6, 6.07) is 3.87. The van der Waals surface area contributed by atoms with Crippen molar-refractivity contribution in [3.8, 4) is 0 Å². The summed E-state index contributed by atoms with van der Waals surface area (Å²) in [6.07, 6.45) is -4.40. The number of benzene rings is 1. The number of alkyl halides is 3. The van der Waals surface area contributed by atoms with Gasteiger partial charge in [-0.1, -0.05) is 15.9 Å². The van der Waals surface area contributed by atoms with Crippen molar-refractivity contribution in [2.24, 2.45) is 0 Å². The molecule has 0 aromatic heterocycles. The predicted octanol–water partition coefficient (Wildman–Crippen LogP) is 2.90. The molecule has 0 aliphatic heterocycles. The van der Waals surface area contributed by atoms with Crippen molar-refractivity contribution < 1.29 is 27.1 Å². The van der Waals surface area contributed by atoms with Crippen molar-refractivity contribution >= 4 is 21.8 Å². The van der Waals surface area contributed by atoms with Gasteiger partial charge < -0.3 is 10.1 Å². The van der Waals surface area contributed by atoms with E-state index in [9.17, 15) is 22.4 Å². The van der Waals surface area contributed by atoms with E-state index >= 15 is 0 Å². The van der Waals surface area contributed by atoms with Crippen LogP contribution in [0, 0.1) is 5.82 Å². The monoisotopic (exact) mass is 343 g/mol. The molecule has 1 N–H and O–H groups in total. The quantitative estimate of drug-likeness (QED) is 0.659. The number of amides is 1. The molecule has 106 valence electrons. The van der Waals surface area contributed by atoms with Gasteiger partial charge in [0, 0.05) is 11.0 Å². The number of halogens is 5. The number of hydrogen-bond donors (Lipinski definition) is 1. The van der Waals surface area contributed by atoms with E-state index in [0.717, 1.165) is 6.07 Å². The van der Waals surface area contributed by atoms with Crippen LogP contribution in [-0.4, -0.2) is 31.8 Å². The summed E-state index contributed by atoms with van der Waals surface area (Å²) in [5.41, 5.74) is -0.181. The van der Waals surface area contributed by atoms with Gasteiger partial charge in [-0.15, -0.1) is 0 Å². The second-order valence-corrected chi connectivity index (χ2v) is 4.46. The lowest BCUT2D eigenvalue weighted by molar-refractivity contribution is -0.173. The van der Waals surface area contributed by atoms with E-state index in [0.29, 0.717) is 4.47 Å². The Labute approximate surface area is 115 Å². The van der Waals surface area contributed by atoms with Crippen molar-refractivity contribution in [3.63, 3.8) is 0 Å². The Kier molecular flexibility index (Phi) is 5.74. The Bertz CT molecular complexity index is 451. The van der Waals surface area contributed by atoms with E-state index in [1.54, 1.807) is 0 Å². The van der Waals surface area contributed by atoms with Crippen LogP contribution < -0.4 is 5.32 Å². The van der Waals surface area contributed by atoms with Gasteiger partial charge in [0.05, 0.1) is 12.2 Å². The zero-order valence-electron chi connectivity index (χ0n) is 9.56. The Morgan fingerprint density at radius 3 is 2.63 bits per heavy atom. The normalized spacial score (nSPS) is 11.4. The number of carbonyl (C=O) groups is 1. The highest BCUT2D eigenvalue weighted by Gasteiger charge is 2.27. The Morgan fingerprint density at radius 1 is 1.37 bits per heavy atom. The second-order valence-electron chi connectivity index (χ2n) is 3.55. The fraction of sp³-hybridized carbons (Fsp3) is 0.364. The maximum atomic E-state index is 13.4. The van der Waals surface area contributed by atoms with Crippen LogP contribution in [0.1, 0.15) is 10.4 Å². The smallest absolute Gasteiger partial charge is 0.370 e. The largest absolute Gasteiger partial charge is 0.411 e. The Hall–Kier alpha value is -1.15. The van der Waals surface area contributed by atoms with Gasteiger partial charge in [-0.25, -0.2) is 4.39 Å². The minimum Gasteiger partial charge on any atom is -0.370 e. The Balaban J connectivity index is 2.36. The van der Waals surface area contributed by atoms with Gasteiger partial charge in [0.2, 0.25) is 0 Å². The molecule has 0 radical (unpaired) electrons. The second kappa shape index (κ2) is 6.85. The summed E-state index contributed by atoms with van der Waals surface area (Å²) >= 11 is 3.04. The first kappa shape index (κ1) is 15.9. The molecule has 0 saturated heterocycles. The highest BCUT2D eigenvalue weighted by molar-refractivity contribution is 9.10. The fourth-order valence-corrected chi connectivity index (χ4v) is 1.53. The molecule has 0 saturated carbocycles. The van der Waals surface area contributed by atoms with Crippen LogP contribution in [0.15, 0.2) is 22.7 Å². The van der Waals surface area contributed by atoms with Gasteiger partial charge in [0.15, 0.2) is 0 Å². The molecule has 1 aromatic carbocycles. The molecule has 19 heavy (non-hydrogen) atoms. The van der Waals surface area contributed by atoms with Gasteiger partial charge >= 0.3 is 6.18 Å². The van der Waals surface area contributed by atoms with E-state index in [-0.39, 0.29) is 18.7 Å². The summed E-state index contributed by atoms with van der Waals surface area (Å²) < 4.78 is 53.3. The third-order valence-corrected chi connectivity index (χ3v) is 2.47. The van der Waals surface area contributed by atoms with Crippen molar-refractivity contribution in [2.75, 3.05) is 19.8 Å². The van der Waals surface area contributed by atoms with Crippen LogP contribution in [0.4, 0.5) is 17.6 Å². The zero-order valence-corrected chi connectivity index (χ0v) is 11.1. The van der Waals surface area contributed by atoms with Crippen molar-refractivity contribution in [1.82, 2.24) is 5.32 Å². The lowest BCUT2D eigenvalue weighted by Gasteiger charge is -2.09. The molecule has 3 nitrogen and oxygen atoms in total. The van der Waals surface area contributed by atoms with Crippen LogP contribution in [0.25, 0.3) is 0 Å². The van der Waals surface area contributed by atoms with Crippen molar-refractivity contribution in [3.05, 3.63) is 34.1 Å². The summed E-state index contributed by atoms with van der Waals surface area (Å²) in [4.78, 5) is 11.5. The average molecular weight is 344 g/mol. The summed E-state index contributed by atoms with van der Waals surface area (Å²) in [6.45, 7) is -1.82. The highest BCUT2D eigenvalue weighted by atomic mass is 79.9. The van der Waals surface area contributed by atoms with Gasteiger partial charge in [0.1, 0.15) is 12.4 Å². The summed E-state index contributed by atoms with van der Waals surface area (Å²) in [7, 11) is 0. The molecular weight excluding hydrogens is 334 g/mol. The molecule has 0 spiro atoms. The van der Waals surface area contributed by atoms with Crippen LogP contribution in [0.3, 0.4) is 0 Å². The fourth-order valence-electron chi connectivity index (χ4n) is 1.19. The molecule has 8 heteroatoms. The van der Waals surface area contributed by atoms with Gasteiger partial charge in [0.25, 0.3) is 5.91 Å². The number of rotatable bonds is 5. The van der Waals surface area contributed by atoms with Crippen molar-refractivity contribution in [1.29, 1.82) is 0 Å². The standard InChI is InChI=1S/C11H10BrF4NO2/c12-7-1-2-8(9(13)5-7)10(18)17-3-4-19-6-11(14,15)16/h1-2,5H,3-4,6H2,(H,17,18). The van der Waals surface area contributed by atoms with Crippen LogP contribution in [-0.2, 0) is 4.74 Å². The lowest BCUT2D eigenvalue weighted by Crippen LogP contribution is -2.29. The SMILES string of the molecule is O=C(NCCOCC(F)(F)F)c1ccc(Br)cc1F. The maximum absolute atomic E-state index is 13.4.